The van der Waals surface area contributed by atoms with Gasteiger partial charge in [0.25, 0.3) is 0 Å². The minimum atomic E-state index is 0.0688. The first-order valence-corrected chi connectivity index (χ1v) is 4.05. The summed E-state index contributed by atoms with van der Waals surface area (Å²) < 4.78 is 0. The van der Waals surface area contributed by atoms with Gasteiger partial charge in [0.2, 0.25) is 0 Å². The molecule has 0 radical (unpaired) electrons. The number of hydrogen-bond acceptors (Lipinski definition) is 3. The third-order valence-corrected chi connectivity index (χ3v) is 2.27. The summed E-state index contributed by atoms with van der Waals surface area (Å²) >= 11 is 0. The molecule has 3 heteroatoms. The molecule has 1 rings (SSSR count). The lowest BCUT2D eigenvalue weighted by atomic mass is 9.91. The van der Waals surface area contributed by atoms with E-state index in [4.69, 9.17) is 10.8 Å². The minimum absolute atomic E-state index is 0.0688. The molecule has 2 unspecified atom stereocenters. The molecule has 0 aliphatic heterocycles. The largest absolute Gasteiger partial charge is 0.513 e. The van der Waals surface area contributed by atoms with Crippen LogP contribution in [-0.2, 0) is 0 Å². The molecule has 0 fully saturated rings. The molecule has 2 atom stereocenters. The number of allylic oxidation sites excluding steroid dienone is 2. The summed E-state index contributed by atoms with van der Waals surface area (Å²) in [5, 5.41) is 12.1. The standard InChI is InChI=1S/C8H16N2O/c1-10-8(9)6-2-4-7(11)5-3-6/h4,6,8,10-11H,2-3,5,9H2,1H3. The van der Waals surface area contributed by atoms with Gasteiger partial charge < -0.3 is 16.2 Å². The van der Waals surface area contributed by atoms with Crippen molar-refractivity contribution in [2.24, 2.45) is 11.7 Å². The molecule has 0 saturated heterocycles. The molecule has 0 spiro atoms. The Morgan fingerprint density at radius 2 is 2.55 bits per heavy atom. The number of hydrogen-bond donors (Lipinski definition) is 3. The van der Waals surface area contributed by atoms with E-state index in [9.17, 15) is 0 Å². The molecule has 64 valence electrons. The molecule has 0 bridgehead atoms. The number of rotatable bonds is 2. The zero-order valence-corrected chi connectivity index (χ0v) is 6.88. The van der Waals surface area contributed by atoms with Crippen LogP contribution in [0.15, 0.2) is 11.8 Å². The van der Waals surface area contributed by atoms with Crippen molar-refractivity contribution in [2.45, 2.75) is 25.4 Å². The third kappa shape index (κ3) is 2.20. The summed E-state index contributed by atoms with van der Waals surface area (Å²) in [6.45, 7) is 0. The van der Waals surface area contributed by atoms with Crippen molar-refractivity contribution in [1.82, 2.24) is 5.32 Å². The monoisotopic (exact) mass is 156 g/mol. The topological polar surface area (TPSA) is 58.3 Å². The Hall–Kier alpha value is -0.540. The molecular formula is C8H16N2O. The molecule has 0 aromatic carbocycles. The van der Waals surface area contributed by atoms with Crippen molar-refractivity contribution in [1.29, 1.82) is 0 Å². The lowest BCUT2D eigenvalue weighted by Crippen LogP contribution is -2.42. The van der Waals surface area contributed by atoms with Crippen LogP contribution in [0.25, 0.3) is 0 Å². The fourth-order valence-corrected chi connectivity index (χ4v) is 1.40. The predicted molar refractivity (Wildman–Crippen MR) is 45.1 cm³/mol. The van der Waals surface area contributed by atoms with Crippen LogP contribution in [-0.4, -0.2) is 18.3 Å². The summed E-state index contributed by atoms with van der Waals surface area (Å²) in [6, 6.07) is 0. The van der Waals surface area contributed by atoms with Crippen LogP contribution >= 0.6 is 0 Å². The highest BCUT2D eigenvalue weighted by Crippen LogP contribution is 2.22. The van der Waals surface area contributed by atoms with Crippen LogP contribution in [0, 0.1) is 5.92 Å². The molecule has 0 heterocycles. The second-order valence-corrected chi connectivity index (χ2v) is 3.04. The van der Waals surface area contributed by atoms with Gasteiger partial charge in [-0.3, -0.25) is 0 Å². The number of aliphatic hydroxyl groups excluding tert-OH is 1. The van der Waals surface area contributed by atoms with E-state index in [0.29, 0.717) is 11.7 Å². The van der Waals surface area contributed by atoms with E-state index in [1.54, 1.807) is 0 Å². The van der Waals surface area contributed by atoms with Gasteiger partial charge in [-0.2, -0.15) is 0 Å². The average molecular weight is 156 g/mol. The fourth-order valence-electron chi connectivity index (χ4n) is 1.40. The van der Waals surface area contributed by atoms with Gasteiger partial charge in [-0.15, -0.1) is 0 Å². The van der Waals surface area contributed by atoms with E-state index in [1.165, 1.54) is 0 Å². The highest BCUT2D eigenvalue weighted by molar-refractivity contribution is 4.98. The summed E-state index contributed by atoms with van der Waals surface area (Å²) in [5.41, 5.74) is 5.77. The van der Waals surface area contributed by atoms with E-state index < -0.39 is 0 Å². The average Bonchev–Trinajstić information content (AvgIpc) is 2.05. The van der Waals surface area contributed by atoms with E-state index in [1.807, 2.05) is 13.1 Å². The highest BCUT2D eigenvalue weighted by atomic mass is 16.3. The molecule has 3 nitrogen and oxygen atoms in total. The van der Waals surface area contributed by atoms with E-state index >= 15 is 0 Å². The Balaban J connectivity index is 2.40. The van der Waals surface area contributed by atoms with E-state index in [0.717, 1.165) is 19.3 Å². The maximum Gasteiger partial charge on any atom is 0.0883 e. The van der Waals surface area contributed by atoms with Crippen LogP contribution in [0.5, 0.6) is 0 Å². The number of nitrogens with one attached hydrogen (secondary N) is 1. The van der Waals surface area contributed by atoms with Crippen molar-refractivity contribution >= 4 is 0 Å². The molecule has 1 aliphatic rings. The smallest absolute Gasteiger partial charge is 0.0883 e. The fraction of sp³-hybridized carbons (Fsp3) is 0.750. The Kier molecular flexibility index (Phi) is 2.91. The van der Waals surface area contributed by atoms with Gasteiger partial charge >= 0.3 is 0 Å². The molecule has 0 aromatic rings. The van der Waals surface area contributed by atoms with Gasteiger partial charge in [-0.25, -0.2) is 0 Å². The summed E-state index contributed by atoms with van der Waals surface area (Å²) in [7, 11) is 1.86. The van der Waals surface area contributed by atoms with Gasteiger partial charge in [0.15, 0.2) is 0 Å². The maximum absolute atomic E-state index is 9.08. The molecule has 0 aromatic heterocycles. The minimum Gasteiger partial charge on any atom is -0.513 e. The quantitative estimate of drug-likeness (QED) is 0.517. The third-order valence-electron chi connectivity index (χ3n) is 2.27. The first kappa shape index (κ1) is 8.56. The van der Waals surface area contributed by atoms with Gasteiger partial charge in [-0.1, -0.05) is 0 Å². The lowest BCUT2D eigenvalue weighted by molar-refractivity contribution is 0.296. The Bertz CT molecular complexity index is 156. The van der Waals surface area contributed by atoms with Crippen molar-refractivity contribution in [2.75, 3.05) is 7.05 Å². The lowest BCUT2D eigenvalue weighted by Gasteiger charge is -2.24. The normalized spacial score (nSPS) is 27.8. The summed E-state index contributed by atoms with van der Waals surface area (Å²) in [5.74, 6) is 1.00. The molecule has 0 amide bonds. The first-order chi connectivity index (χ1) is 5.24. The van der Waals surface area contributed by atoms with E-state index in [2.05, 4.69) is 5.32 Å². The van der Waals surface area contributed by atoms with Gasteiger partial charge in [0.1, 0.15) is 0 Å². The Morgan fingerprint density at radius 1 is 1.82 bits per heavy atom. The Labute approximate surface area is 67.3 Å². The van der Waals surface area contributed by atoms with Gasteiger partial charge in [-0.05, 0) is 31.9 Å². The molecule has 0 saturated carbocycles. The summed E-state index contributed by atoms with van der Waals surface area (Å²) in [4.78, 5) is 0. The predicted octanol–water partition coefficient (Wildman–Crippen LogP) is 0.733. The van der Waals surface area contributed by atoms with Crippen molar-refractivity contribution in [3.05, 3.63) is 11.8 Å². The van der Waals surface area contributed by atoms with Crippen LogP contribution in [0.1, 0.15) is 19.3 Å². The molecular weight excluding hydrogens is 140 g/mol. The van der Waals surface area contributed by atoms with Gasteiger partial charge in [0, 0.05) is 6.42 Å². The molecule has 11 heavy (non-hydrogen) atoms. The van der Waals surface area contributed by atoms with Crippen molar-refractivity contribution in [3.63, 3.8) is 0 Å². The maximum atomic E-state index is 9.08. The zero-order valence-electron chi connectivity index (χ0n) is 6.88. The molecule has 4 N–H and O–H groups in total. The second-order valence-electron chi connectivity index (χ2n) is 3.04. The second kappa shape index (κ2) is 3.74. The SMILES string of the molecule is CNC(N)C1CC=C(O)CC1. The summed E-state index contributed by atoms with van der Waals surface area (Å²) in [6.07, 6.45) is 4.60. The molecule has 1 aliphatic carbocycles. The van der Waals surface area contributed by atoms with Gasteiger partial charge in [0.05, 0.1) is 11.9 Å². The zero-order chi connectivity index (χ0) is 8.27. The van der Waals surface area contributed by atoms with Crippen LogP contribution in [0.3, 0.4) is 0 Å². The number of nitrogens with two attached hydrogens (primary N) is 1. The van der Waals surface area contributed by atoms with Crippen LogP contribution < -0.4 is 11.1 Å². The van der Waals surface area contributed by atoms with Crippen molar-refractivity contribution < 1.29 is 5.11 Å². The van der Waals surface area contributed by atoms with E-state index in [-0.39, 0.29) is 6.17 Å². The Morgan fingerprint density at radius 3 is 3.00 bits per heavy atom. The van der Waals surface area contributed by atoms with Crippen molar-refractivity contribution in [3.8, 4) is 0 Å². The highest BCUT2D eigenvalue weighted by Gasteiger charge is 2.18. The van der Waals surface area contributed by atoms with Crippen LogP contribution in [0.2, 0.25) is 0 Å². The number of aliphatic hydroxyl groups is 1. The van der Waals surface area contributed by atoms with Crippen LogP contribution in [0.4, 0.5) is 0 Å². The first-order valence-electron chi connectivity index (χ1n) is 4.05.